The summed E-state index contributed by atoms with van der Waals surface area (Å²) in [5.74, 6) is 0.0473. The molecule has 1 rings (SSSR count). The highest BCUT2D eigenvalue weighted by atomic mass is 32.2. The molecule has 0 spiro atoms. The fourth-order valence-electron chi connectivity index (χ4n) is 1.83. The van der Waals surface area contributed by atoms with Crippen LogP contribution in [0.25, 0.3) is 0 Å². The Morgan fingerprint density at radius 3 is 2.53 bits per heavy atom. The fourth-order valence-corrected chi connectivity index (χ4v) is 3.37. The molecule has 0 aromatic heterocycles. The van der Waals surface area contributed by atoms with Gasteiger partial charge in [0.1, 0.15) is 0 Å². The summed E-state index contributed by atoms with van der Waals surface area (Å²) in [6.45, 7) is 3.20. The van der Waals surface area contributed by atoms with Crippen molar-refractivity contribution in [2.75, 3.05) is 32.6 Å². The second-order valence-electron chi connectivity index (χ2n) is 4.19. The second-order valence-corrected chi connectivity index (χ2v) is 6.28. The Hall–Kier alpha value is -0.170. The summed E-state index contributed by atoms with van der Waals surface area (Å²) in [6, 6.07) is 0. The molecule has 90 valence electrons. The number of hydrogen-bond donors (Lipinski definition) is 1. The van der Waals surface area contributed by atoms with Crippen molar-refractivity contribution in [3.63, 3.8) is 0 Å². The maximum atomic E-state index is 11.7. The normalized spacial score (nSPS) is 21.3. The molecule has 1 heterocycles. The van der Waals surface area contributed by atoms with E-state index in [1.807, 2.05) is 0 Å². The van der Waals surface area contributed by atoms with Crippen molar-refractivity contribution in [2.45, 2.75) is 25.3 Å². The Morgan fingerprint density at radius 1 is 1.47 bits per heavy atom. The highest BCUT2D eigenvalue weighted by Gasteiger charge is 2.44. The minimum atomic E-state index is -3.15. The summed E-state index contributed by atoms with van der Waals surface area (Å²) >= 11 is 0. The van der Waals surface area contributed by atoms with Crippen LogP contribution in [0.15, 0.2) is 0 Å². The zero-order chi connectivity index (χ0) is 11.5. The van der Waals surface area contributed by atoms with E-state index in [9.17, 15) is 8.42 Å². The summed E-state index contributed by atoms with van der Waals surface area (Å²) in [7, 11) is -1.65. The molecule has 0 radical (unpaired) electrons. The summed E-state index contributed by atoms with van der Waals surface area (Å²) < 4.78 is 29.5. The molecule has 0 aromatic rings. The number of ether oxygens (including phenoxy) is 1. The van der Waals surface area contributed by atoms with Gasteiger partial charge in [0, 0.05) is 25.7 Å². The molecule has 6 heteroatoms. The van der Waals surface area contributed by atoms with E-state index in [0.717, 1.165) is 12.8 Å². The van der Waals surface area contributed by atoms with Crippen molar-refractivity contribution < 1.29 is 13.2 Å². The Balaban J connectivity index is 2.43. The third-order valence-corrected chi connectivity index (χ3v) is 4.40. The molecule has 0 amide bonds. The van der Waals surface area contributed by atoms with E-state index in [-0.39, 0.29) is 17.9 Å². The number of methoxy groups -OCH3 is 1. The maximum absolute atomic E-state index is 11.7. The largest absolute Gasteiger partial charge is 0.384 e. The van der Waals surface area contributed by atoms with Crippen molar-refractivity contribution in [3.8, 4) is 0 Å². The third-order valence-electron chi connectivity index (χ3n) is 2.67. The van der Waals surface area contributed by atoms with Gasteiger partial charge in [-0.15, -0.1) is 0 Å². The van der Waals surface area contributed by atoms with Crippen LogP contribution in [-0.4, -0.2) is 50.8 Å². The zero-order valence-electron chi connectivity index (χ0n) is 9.40. The average Bonchev–Trinajstić information content (AvgIpc) is 2.11. The van der Waals surface area contributed by atoms with Gasteiger partial charge in [0.2, 0.25) is 10.0 Å². The first-order chi connectivity index (χ1) is 6.93. The van der Waals surface area contributed by atoms with E-state index >= 15 is 0 Å². The number of sulfonamides is 1. The van der Waals surface area contributed by atoms with Gasteiger partial charge < -0.3 is 10.5 Å². The number of nitrogens with two attached hydrogens (primary N) is 1. The SMILES string of the molecule is CCCC1(N)CN(S(=O)(=O)CCOC)C1. The number of hydrogen-bond acceptors (Lipinski definition) is 4. The van der Waals surface area contributed by atoms with E-state index in [0.29, 0.717) is 13.1 Å². The van der Waals surface area contributed by atoms with Crippen molar-refractivity contribution in [1.82, 2.24) is 4.31 Å². The smallest absolute Gasteiger partial charge is 0.216 e. The van der Waals surface area contributed by atoms with Gasteiger partial charge in [0.05, 0.1) is 12.4 Å². The van der Waals surface area contributed by atoms with E-state index in [1.54, 1.807) is 0 Å². The Morgan fingerprint density at radius 2 is 2.07 bits per heavy atom. The Kier molecular flexibility index (Phi) is 4.11. The maximum Gasteiger partial charge on any atom is 0.216 e. The zero-order valence-corrected chi connectivity index (χ0v) is 10.2. The molecule has 0 atom stereocenters. The quantitative estimate of drug-likeness (QED) is 0.692. The van der Waals surface area contributed by atoms with Crippen LogP contribution in [0.3, 0.4) is 0 Å². The molecule has 1 aliphatic heterocycles. The van der Waals surface area contributed by atoms with Gasteiger partial charge in [-0.05, 0) is 6.42 Å². The van der Waals surface area contributed by atoms with Crippen molar-refractivity contribution in [3.05, 3.63) is 0 Å². The topological polar surface area (TPSA) is 72.6 Å². The van der Waals surface area contributed by atoms with Gasteiger partial charge in [-0.25, -0.2) is 8.42 Å². The van der Waals surface area contributed by atoms with Crippen LogP contribution in [-0.2, 0) is 14.8 Å². The van der Waals surface area contributed by atoms with Gasteiger partial charge in [-0.3, -0.25) is 0 Å². The molecule has 0 unspecified atom stereocenters. The van der Waals surface area contributed by atoms with Crippen LogP contribution < -0.4 is 5.73 Å². The molecule has 1 saturated heterocycles. The Bertz CT molecular complexity index is 296. The molecule has 2 N–H and O–H groups in total. The highest BCUT2D eigenvalue weighted by molar-refractivity contribution is 7.89. The van der Waals surface area contributed by atoms with Crippen molar-refractivity contribution in [1.29, 1.82) is 0 Å². The monoisotopic (exact) mass is 236 g/mol. The molecule has 1 fully saturated rings. The first kappa shape index (κ1) is 12.9. The second kappa shape index (κ2) is 4.78. The van der Waals surface area contributed by atoms with Crippen LogP contribution in [0.5, 0.6) is 0 Å². The van der Waals surface area contributed by atoms with Gasteiger partial charge in [-0.1, -0.05) is 13.3 Å². The van der Waals surface area contributed by atoms with Gasteiger partial charge >= 0.3 is 0 Å². The molecule has 0 bridgehead atoms. The Labute approximate surface area is 91.6 Å². The molecule has 5 nitrogen and oxygen atoms in total. The standard InChI is InChI=1S/C9H20N2O3S/c1-3-4-9(10)7-11(8-9)15(12,13)6-5-14-2/h3-8,10H2,1-2H3. The predicted octanol–water partition coefficient (Wildman–Crippen LogP) is -0.224. The van der Waals surface area contributed by atoms with Gasteiger partial charge in [0.25, 0.3) is 0 Å². The molecular weight excluding hydrogens is 216 g/mol. The van der Waals surface area contributed by atoms with Crippen LogP contribution in [0.4, 0.5) is 0 Å². The van der Waals surface area contributed by atoms with E-state index in [1.165, 1.54) is 11.4 Å². The highest BCUT2D eigenvalue weighted by Crippen LogP contribution is 2.25. The minimum absolute atomic E-state index is 0.0473. The lowest BCUT2D eigenvalue weighted by Gasteiger charge is -2.46. The number of rotatable bonds is 6. The van der Waals surface area contributed by atoms with Crippen molar-refractivity contribution >= 4 is 10.0 Å². The van der Waals surface area contributed by atoms with E-state index in [2.05, 4.69) is 6.92 Å². The van der Waals surface area contributed by atoms with Crippen LogP contribution >= 0.6 is 0 Å². The van der Waals surface area contributed by atoms with Crippen LogP contribution in [0.1, 0.15) is 19.8 Å². The van der Waals surface area contributed by atoms with Crippen molar-refractivity contribution in [2.24, 2.45) is 5.73 Å². The summed E-state index contributed by atoms with van der Waals surface area (Å²) in [5, 5.41) is 0. The average molecular weight is 236 g/mol. The molecule has 0 saturated carbocycles. The van der Waals surface area contributed by atoms with Gasteiger partial charge in [-0.2, -0.15) is 4.31 Å². The minimum Gasteiger partial charge on any atom is -0.384 e. The predicted molar refractivity (Wildman–Crippen MR) is 59.1 cm³/mol. The van der Waals surface area contributed by atoms with Crippen LogP contribution in [0, 0.1) is 0 Å². The molecule has 0 aliphatic carbocycles. The van der Waals surface area contributed by atoms with Gasteiger partial charge in [0.15, 0.2) is 0 Å². The van der Waals surface area contributed by atoms with E-state index in [4.69, 9.17) is 10.5 Å². The fraction of sp³-hybridized carbons (Fsp3) is 1.00. The lowest BCUT2D eigenvalue weighted by atomic mass is 9.89. The third kappa shape index (κ3) is 3.14. The molecular formula is C9H20N2O3S. The summed E-state index contributed by atoms with van der Waals surface area (Å²) in [4.78, 5) is 0. The first-order valence-corrected chi connectivity index (χ1v) is 6.80. The molecule has 0 aromatic carbocycles. The first-order valence-electron chi connectivity index (χ1n) is 5.19. The van der Waals surface area contributed by atoms with E-state index < -0.39 is 10.0 Å². The molecule has 15 heavy (non-hydrogen) atoms. The van der Waals surface area contributed by atoms with Crippen LogP contribution in [0.2, 0.25) is 0 Å². The lowest BCUT2D eigenvalue weighted by Crippen LogP contribution is -2.68. The molecule has 1 aliphatic rings. The summed E-state index contributed by atoms with van der Waals surface area (Å²) in [6.07, 6.45) is 1.87. The lowest BCUT2D eigenvalue weighted by molar-refractivity contribution is 0.144. The number of nitrogens with zero attached hydrogens (tertiary/aromatic N) is 1. The summed E-state index contributed by atoms with van der Waals surface area (Å²) in [5.41, 5.74) is 5.69.